The van der Waals surface area contributed by atoms with Crippen LogP contribution in [0.1, 0.15) is 5.56 Å². The molecule has 0 atom stereocenters. The molecular weight excluding hydrogens is 162 g/mol. The Morgan fingerprint density at radius 1 is 1.18 bits per heavy atom. The van der Waals surface area contributed by atoms with Gasteiger partial charge in [0.1, 0.15) is 0 Å². The van der Waals surface area contributed by atoms with E-state index in [9.17, 15) is 8.78 Å². The van der Waals surface area contributed by atoms with E-state index < -0.39 is 11.6 Å². The van der Waals surface area contributed by atoms with Gasteiger partial charge in [0.25, 0.3) is 0 Å². The van der Waals surface area contributed by atoms with Gasteiger partial charge in [-0.3, -0.25) is 0 Å². The minimum absolute atomic E-state index is 0.738. The summed E-state index contributed by atoms with van der Waals surface area (Å²) < 4.78 is 24.9. The highest BCUT2D eigenvalue weighted by Gasteiger charge is 2.00. The zero-order valence-electron chi connectivity index (χ0n) is 6.40. The third-order valence-corrected chi connectivity index (χ3v) is 2.02. The SMILES string of the molecule is Fc1ccc(CC[SiH3])cc1F. The molecule has 0 amide bonds. The monoisotopic (exact) mass is 172 g/mol. The lowest BCUT2D eigenvalue weighted by atomic mass is 10.2. The smallest absolute Gasteiger partial charge is 0.159 e. The molecule has 0 aromatic heterocycles. The summed E-state index contributed by atoms with van der Waals surface area (Å²) in [6.45, 7) is 0. The van der Waals surface area contributed by atoms with Crippen LogP contribution >= 0.6 is 0 Å². The number of benzene rings is 1. The molecule has 1 aromatic carbocycles. The molecule has 0 bridgehead atoms. The van der Waals surface area contributed by atoms with Crippen LogP contribution in [-0.2, 0) is 6.42 Å². The predicted molar refractivity (Wildman–Crippen MR) is 44.8 cm³/mol. The largest absolute Gasteiger partial charge is 0.204 e. The quantitative estimate of drug-likeness (QED) is 0.590. The van der Waals surface area contributed by atoms with E-state index in [-0.39, 0.29) is 0 Å². The zero-order chi connectivity index (χ0) is 8.27. The molecule has 0 aliphatic heterocycles. The fraction of sp³-hybridized carbons (Fsp3) is 0.250. The Balaban J connectivity index is 2.86. The van der Waals surface area contributed by atoms with Gasteiger partial charge in [-0.2, -0.15) is 0 Å². The van der Waals surface area contributed by atoms with Crippen LogP contribution in [0, 0.1) is 11.6 Å². The highest BCUT2D eigenvalue weighted by Crippen LogP contribution is 2.09. The van der Waals surface area contributed by atoms with Crippen molar-refractivity contribution in [2.45, 2.75) is 12.5 Å². The number of hydrogen-bond acceptors (Lipinski definition) is 0. The molecule has 0 saturated carbocycles. The van der Waals surface area contributed by atoms with E-state index in [0.717, 1.165) is 28.3 Å². The first-order valence-corrected chi connectivity index (χ1v) is 5.09. The van der Waals surface area contributed by atoms with Crippen LogP contribution in [0.15, 0.2) is 18.2 Å². The first kappa shape index (κ1) is 8.39. The Hall–Kier alpha value is -0.703. The van der Waals surface area contributed by atoms with Gasteiger partial charge in [-0.1, -0.05) is 12.1 Å². The summed E-state index contributed by atoms with van der Waals surface area (Å²) in [4.78, 5) is 0. The third-order valence-electron chi connectivity index (χ3n) is 1.52. The Bertz CT molecular complexity index is 248. The zero-order valence-corrected chi connectivity index (χ0v) is 8.40. The maximum atomic E-state index is 12.5. The number of rotatable bonds is 2. The molecule has 0 spiro atoms. The molecular formula is C8H10F2Si. The normalized spacial score (nSPS) is 10.4. The van der Waals surface area contributed by atoms with Crippen LogP contribution in [0.4, 0.5) is 8.78 Å². The van der Waals surface area contributed by atoms with Gasteiger partial charge >= 0.3 is 0 Å². The Morgan fingerprint density at radius 3 is 2.45 bits per heavy atom. The molecule has 11 heavy (non-hydrogen) atoms. The van der Waals surface area contributed by atoms with Crippen LogP contribution in [0.5, 0.6) is 0 Å². The van der Waals surface area contributed by atoms with Crippen molar-refractivity contribution in [3.05, 3.63) is 35.4 Å². The van der Waals surface area contributed by atoms with Gasteiger partial charge in [0.2, 0.25) is 0 Å². The van der Waals surface area contributed by atoms with Crippen molar-refractivity contribution in [3.8, 4) is 0 Å². The Labute approximate surface area is 67.7 Å². The molecule has 0 aliphatic rings. The summed E-state index contributed by atoms with van der Waals surface area (Å²) >= 11 is 0. The molecule has 0 fully saturated rings. The van der Waals surface area contributed by atoms with Gasteiger partial charge < -0.3 is 0 Å². The van der Waals surface area contributed by atoms with E-state index >= 15 is 0 Å². The van der Waals surface area contributed by atoms with Crippen molar-refractivity contribution < 1.29 is 8.78 Å². The van der Waals surface area contributed by atoms with Crippen LogP contribution in [0.2, 0.25) is 6.04 Å². The standard InChI is InChI=1S/C8H10F2Si/c9-7-2-1-6(3-4-11)5-8(7)10/h1-2,5H,3-4H2,11H3. The van der Waals surface area contributed by atoms with E-state index in [0.29, 0.717) is 0 Å². The van der Waals surface area contributed by atoms with Crippen LogP contribution in [0.3, 0.4) is 0 Å². The number of aryl methyl sites for hydroxylation is 1. The molecule has 60 valence electrons. The van der Waals surface area contributed by atoms with Crippen molar-refractivity contribution in [3.63, 3.8) is 0 Å². The van der Waals surface area contributed by atoms with Gasteiger partial charge in [0.05, 0.1) is 0 Å². The summed E-state index contributed by atoms with van der Waals surface area (Å²) in [5.74, 6) is -1.50. The van der Waals surface area contributed by atoms with Gasteiger partial charge in [0, 0.05) is 10.2 Å². The van der Waals surface area contributed by atoms with E-state index in [1.807, 2.05) is 0 Å². The summed E-state index contributed by atoms with van der Waals surface area (Å²) in [7, 11) is 1.10. The summed E-state index contributed by atoms with van der Waals surface area (Å²) in [6.07, 6.45) is 0.865. The second kappa shape index (κ2) is 3.62. The summed E-state index contributed by atoms with van der Waals surface area (Å²) in [5, 5.41) is 0. The predicted octanol–water partition coefficient (Wildman–Crippen LogP) is 1.29. The molecule has 1 rings (SSSR count). The Kier molecular flexibility index (Phi) is 2.76. The molecule has 3 heteroatoms. The lowest BCUT2D eigenvalue weighted by molar-refractivity contribution is 0.507. The maximum absolute atomic E-state index is 12.5. The fourth-order valence-corrected chi connectivity index (χ4v) is 1.56. The van der Waals surface area contributed by atoms with Gasteiger partial charge in [-0.05, 0) is 24.1 Å². The van der Waals surface area contributed by atoms with Crippen molar-refractivity contribution in [1.82, 2.24) is 0 Å². The minimum atomic E-state index is -0.762. The van der Waals surface area contributed by atoms with Crippen molar-refractivity contribution in [2.75, 3.05) is 0 Å². The molecule has 0 aliphatic carbocycles. The van der Waals surface area contributed by atoms with E-state index in [4.69, 9.17) is 0 Å². The fourth-order valence-electron chi connectivity index (χ4n) is 0.984. The molecule has 0 N–H and O–H groups in total. The summed E-state index contributed by atoms with van der Waals surface area (Å²) in [6, 6.07) is 5.18. The minimum Gasteiger partial charge on any atom is -0.204 e. The van der Waals surface area contributed by atoms with Crippen LogP contribution in [-0.4, -0.2) is 10.2 Å². The average molecular weight is 172 g/mol. The van der Waals surface area contributed by atoms with Gasteiger partial charge in [-0.15, -0.1) is 0 Å². The first-order valence-electron chi connectivity index (χ1n) is 3.68. The van der Waals surface area contributed by atoms with E-state index in [2.05, 4.69) is 0 Å². The average Bonchev–Trinajstić information content (AvgIpc) is 1.98. The lowest BCUT2D eigenvalue weighted by Gasteiger charge is -1.98. The molecule has 1 aromatic rings. The van der Waals surface area contributed by atoms with Crippen LogP contribution in [0.25, 0.3) is 0 Å². The van der Waals surface area contributed by atoms with Crippen LogP contribution < -0.4 is 0 Å². The number of hydrogen-bond donors (Lipinski definition) is 0. The molecule has 0 saturated heterocycles. The van der Waals surface area contributed by atoms with Crippen molar-refractivity contribution in [1.29, 1.82) is 0 Å². The third kappa shape index (κ3) is 2.12. The lowest BCUT2D eigenvalue weighted by Crippen LogP contribution is -1.88. The molecule has 0 nitrogen and oxygen atoms in total. The highest BCUT2D eigenvalue weighted by molar-refractivity contribution is 6.08. The number of halogens is 2. The second-order valence-electron chi connectivity index (χ2n) is 2.50. The maximum Gasteiger partial charge on any atom is 0.159 e. The first-order chi connectivity index (χ1) is 5.24. The Morgan fingerprint density at radius 2 is 1.91 bits per heavy atom. The van der Waals surface area contributed by atoms with E-state index in [1.54, 1.807) is 6.07 Å². The van der Waals surface area contributed by atoms with Gasteiger partial charge in [0.15, 0.2) is 11.6 Å². The topological polar surface area (TPSA) is 0 Å². The summed E-state index contributed by atoms with van der Waals surface area (Å²) in [5.41, 5.74) is 0.888. The van der Waals surface area contributed by atoms with Crippen molar-refractivity contribution in [2.24, 2.45) is 0 Å². The molecule has 0 unspecified atom stereocenters. The molecule has 0 radical (unpaired) electrons. The van der Waals surface area contributed by atoms with E-state index in [1.165, 1.54) is 12.1 Å². The second-order valence-corrected chi connectivity index (χ2v) is 3.50. The van der Waals surface area contributed by atoms with Gasteiger partial charge in [-0.25, -0.2) is 8.78 Å². The highest BCUT2D eigenvalue weighted by atomic mass is 28.1. The molecule has 0 heterocycles. The van der Waals surface area contributed by atoms with Crippen molar-refractivity contribution >= 4 is 10.2 Å².